The van der Waals surface area contributed by atoms with Crippen molar-refractivity contribution in [3.63, 3.8) is 0 Å². The Hall–Kier alpha value is -0.770. The van der Waals surface area contributed by atoms with Crippen molar-refractivity contribution in [1.82, 2.24) is 0 Å². The second-order valence-electron chi connectivity index (χ2n) is 3.78. The summed E-state index contributed by atoms with van der Waals surface area (Å²) in [6.45, 7) is -0.674. The van der Waals surface area contributed by atoms with E-state index in [-0.39, 0.29) is 0 Å². The van der Waals surface area contributed by atoms with Crippen LogP contribution < -0.4 is 5.73 Å². The van der Waals surface area contributed by atoms with E-state index in [4.69, 9.17) is 20.7 Å². The fraction of sp³-hybridized carbons (Fsp3) is 0.875. The van der Waals surface area contributed by atoms with Gasteiger partial charge in [0.1, 0.15) is 17.8 Å². The number of aliphatic carboxylic acids is 1. The van der Waals surface area contributed by atoms with Gasteiger partial charge in [-0.15, -0.1) is 0 Å². The number of ether oxygens (including phenoxy) is 1. The zero-order valence-corrected chi connectivity index (χ0v) is 8.35. The first-order chi connectivity index (χ1) is 7.32. The highest BCUT2D eigenvalue weighted by Gasteiger charge is 2.54. The largest absolute Gasteiger partial charge is 0.481 e. The smallest absolute Gasteiger partial charge is 0.306 e. The van der Waals surface area contributed by atoms with Gasteiger partial charge in [-0.05, 0) is 0 Å². The van der Waals surface area contributed by atoms with Crippen LogP contribution in [0.25, 0.3) is 0 Å². The molecule has 0 amide bonds. The molecule has 0 saturated carbocycles. The summed E-state index contributed by atoms with van der Waals surface area (Å²) in [6.07, 6.45) is -5.47. The molecule has 1 heterocycles. The van der Waals surface area contributed by atoms with Crippen LogP contribution in [0.1, 0.15) is 6.42 Å². The number of aliphatic hydroxyl groups is 4. The van der Waals surface area contributed by atoms with Crippen LogP contribution in [0.5, 0.6) is 0 Å². The number of carbonyl (C=O) groups is 1. The number of carboxylic acids is 1. The Morgan fingerprint density at radius 3 is 2.44 bits per heavy atom. The molecule has 8 heteroatoms. The van der Waals surface area contributed by atoms with Gasteiger partial charge in [0, 0.05) is 0 Å². The lowest BCUT2D eigenvalue weighted by Gasteiger charge is -2.46. The Bertz CT molecular complexity index is 273. The van der Waals surface area contributed by atoms with Crippen molar-refractivity contribution < 1.29 is 35.1 Å². The molecule has 1 aliphatic heterocycles. The molecule has 0 bridgehead atoms. The van der Waals surface area contributed by atoms with Crippen LogP contribution >= 0.6 is 0 Å². The van der Waals surface area contributed by atoms with Gasteiger partial charge in [-0.1, -0.05) is 0 Å². The molecule has 7 N–H and O–H groups in total. The Kier molecular flexibility index (Phi) is 3.84. The SMILES string of the molecule is N[C@H]1C(O)O[C@H](CO)[C@@H](O)[C@@]1(O)CC(=O)O. The lowest BCUT2D eigenvalue weighted by Crippen LogP contribution is -2.70. The molecule has 94 valence electrons. The van der Waals surface area contributed by atoms with Crippen LogP contribution in [0.2, 0.25) is 0 Å². The van der Waals surface area contributed by atoms with E-state index in [0.29, 0.717) is 0 Å². The van der Waals surface area contributed by atoms with Crippen LogP contribution in [0, 0.1) is 0 Å². The summed E-state index contributed by atoms with van der Waals surface area (Å²) in [5.41, 5.74) is 3.14. The summed E-state index contributed by atoms with van der Waals surface area (Å²) in [7, 11) is 0. The first-order valence-electron chi connectivity index (χ1n) is 4.65. The third kappa shape index (κ3) is 2.17. The second kappa shape index (κ2) is 4.62. The van der Waals surface area contributed by atoms with Crippen molar-refractivity contribution in [2.45, 2.75) is 36.6 Å². The average Bonchev–Trinajstić information content (AvgIpc) is 2.20. The third-order valence-corrected chi connectivity index (χ3v) is 2.68. The van der Waals surface area contributed by atoms with Crippen molar-refractivity contribution in [2.75, 3.05) is 6.61 Å². The minimum atomic E-state index is -2.24. The molecule has 1 saturated heterocycles. The monoisotopic (exact) mass is 237 g/mol. The summed E-state index contributed by atoms with van der Waals surface area (Å²) in [6, 6.07) is -1.47. The molecule has 0 radical (unpaired) electrons. The molecule has 1 fully saturated rings. The van der Waals surface area contributed by atoms with Gasteiger partial charge in [0.05, 0.1) is 19.1 Å². The topological polar surface area (TPSA) is 153 Å². The molecule has 1 rings (SSSR count). The molecule has 0 aromatic carbocycles. The molecule has 0 aliphatic carbocycles. The Balaban J connectivity index is 2.96. The summed E-state index contributed by atoms with van der Waals surface area (Å²) in [4.78, 5) is 10.6. The maximum absolute atomic E-state index is 10.6. The molecule has 1 aliphatic rings. The van der Waals surface area contributed by atoms with E-state index in [1.54, 1.807) is 0 Å². The van der Waals surface area contributed by atoms with E-state index < -0.39 is 49.1 Å². The molecular formula is C8H15NO7. The van der Waals surface area contributed by atoms with E-state index in [0.717, 1.165) is 0 Å². The zero-order chi connectivity index (χ0) is 12.5. The fourth-order valence-corrected chi connectivity index (χ4v) is 1.71. The standard InChI is InChI=1S/C8H15NO7/c9-5-7(14)16-3(2-10)6(13)8(5,15)1-4(11)12/h3,5-7,10,13-15H,1-2,9H2,(H,11,12)/t3-,5+,6-,7?,8-/m1/s1. The first-order valence-corrected chi connectivity index (χ1v) is 4.65. The van der Waals surface area contributed by atoms with Crippen molar-refractivity contribution in [3.8, 4) is 0 Å². The molecule has 8 nitrogen and oxygen atoms in total. The van der Waals surface area contributed by atoms with Gasteiger partial charge in [-0.2, -0.15) is 0 Å². The summed E-state index contributed by atoms with van der Waals surface area (Å²) in [5.74, 6) is -1.39. The van der Waals surface area contributed by atoms with E-state index in [9.17, 15) is 20.1 Å². The number of rotatable bonds is 3. The lowest BCUT2D eigenvalue weighted by atomic mass is 9.80. The Labute approximate surface area is 90.9 Å². The van der Waals surface area contributed by atoms with Crippen LogP contribution in [0.3, 0.4) is 0 Å². The van der Waals surface area contributed by atoms with Crippen LogP contribution in [0.4, 0.5) is 0 Å². The quantitative estimate of drug-likeness (QED) is 0.297. The van der Waals surface area contributed by atoms with Crippen LogP contribution in [-0.4, -0.2) is 68.2 Å². The highest BCUT2D eigenvalue weighted by molar-refractivity contribution is 5.68. The van der Waals surface area contributed by atoms with E-state index >= 15 is 0 Å². The molecule has 0 aromatic rings. The fourth-order valence-electron chi connectivity index (χ4n) is 1.71. The lowest BCUT2D eigenvalue weighted by molar-refractivity contribution is -0.283. The highest BCUT2D eigenvalue weighted by Crippen LogP contribution is 2.30. The maximum Gasteiger partial charge on any atom is 0.306 e. The molecule has 0 spiro atoms. The third-order valence-electron chi connectivity index (χ3n) is 2.68. The molecule has 1 unspecified atom stereocenters. The minimum absolute atomic E-state index is 0.674. The molecular weight excluding hydrogens is 222 g/mol. The summed E-state index contributed by atoms with van der Waals surface area (Å²) in [5, 5.41) is 46.3. The van der Waals surface area contributed by atoms with Crippen molar-refractivity contribution >= 4 is 5.97 Å². The van der Waals surface area contributed by atoms with Gasteiger partial charge in [-0.3, -0.25) is 4.79 Å². The van der Waals surface area contributed by atoms with Crippen molar-refractivity contribution in [3.05, 3.63) is 0 Å². The van der Waals surface area contributed by atoms with Gasteiger partial charge in [0.2, 0.25) is 0 Å². The van der Waals surface area contributed by atoms with Gasteiger partial charge in [-0.25, -0.2) is 0 Å². The number of nitrogens with two attached hydrogens (primary N) is 1. The Morgan fingerprint density at radius 1 is 1.44 bits per heavy atom. The number of hydrogen-bond donors (Lipinski definition) is 6. The van der Waals surface area contributed by atoms with Crippen LogP contribution in [0.15, 0.2) is 0 Å². The van der Waals surface area contributed by atoms with E-state index in [1.807, 2.05) is 0 Å². The molecule has 16 heavy (non-hydrogen) atoms. The highest BCUT2D eigenvalue weighted by atomic mass is 16.6. The Morgan fingerprint density at radius 2 is 2.00 bits per heavy atom. The van der Waals surface area contributed by atoms with Gasteiger partial charge < -0.3 is 36.0 Å². The van der Waals surface area contributed by atoms with Gasteiger partial charge in [0.25, 0.3) is 0 Å². The summed E-state index contributed by atoms with van der Waals surface area (Å²) >= 11 is 0. The average molecular weight is 237 g/mol. The second-order valence-corrected chi connectivity index (χ2v) is 3.78. The molecule has 5 atom stereocenters. The molecule has 0 aromatic heterocycles. The zero-order valence-electron chi connectivity index (χ0n) is 8.35. The van der Waals surface area contributed by atoms with E-state index in [2.05, 4.69) is 0 Å². The van der Waals surface area contributed by atoms with Crippen LogP contribution in [-0.2, 0) is 9.53 Å². The first kappa shape index (κ1) is 13.3. The number of hydrogen-bond acceptors (Lipinski definition) is 7. The predicted octanol–water partition coefficient (Wildman–Crippen LogP) is -3.41. The van der Waals surface area contributed by atoms with Gasteiger partial charge >= 0.3 is 5.97 Å². The minimum Gasteiger partial charge on any atom is -0.481 e. The van der Waals surface area contributed by atoms with E-state index in [1.165, 1.54) is 0 Å². The van der Waals surface area contributed by atoms with Gasteiger partial charge in [0.15, 0.2) is 6.29 Å². The summed E-state index contributed by atoms with van der Waals surface area (Å²) < 4.78 is 4.71. The van der Waals surface area contributed by atoms with Crippen molar-refractivity contribution in [1.29, 1.82) is 0 Å². The maximum atomic E-state index is 10.6. The number of aliphatic hydroxyl groups excluding tert-OH is 3. The predicted molar refractivity (Wildman–Crippen MR) is 49.2 cm³/mol. The number of carboxylic acid groups (broad SMARTS) is 1. The van der Waals surface area contributed by atoms with Crippen molar-refractivity contribution in [2.24, 2.45) is 5.73 Å². The normalized spacial score (nSPS) is 44.3.